The summed E-state index contributed by atoms with van der Waals surface area (Å²) in [6, 6.07) is 4.65. The Kier molecular flexibility index (Phi) is 4.63. The maximum absolute atomic E-state index is 3.38. The zero-order valence-electron chi connectivity index (χ0n) is 11.3. The fourth-order valence-corrected chi connectivity index (χ4v) is 4.28. The minimum atomic E-state index is 0.805. The van der Waals surface area contributed by atoms with E-state index in [0.29, 0.717) is 0 Å². The van der Waals surface area contributed by atoms with Crippen molar-refractivity contribution in [2.24, 2.45) is 11.8 Å². The summed E-state index contributed by atoms with van der Waals surface area (Å²) >= 11 is 2.01. The van der Waals surface area contributed by atoms with Gasteiger partial charge in [0.1, 0.15) is 0 Å². The van der Waals surface area contributed by atoms with Crippen LogP contribution in [-0.2, 0) is 0 Å². The first-order valence-electron chi connectivity index (χ1n) is 6.95. The summed E-state index contributed by atoms with van der Waals surface area (Å²) in [6.07, 6.45) is 5.60. The van der Waals surface area contributed by atoms with Crippen LogP contribution in [0.5, 0.6) is 0 Å². The van der Waals surface area contributed by atoms with Crippen LogP contribution in [0.25, 0.3) is 0 Å². The van der Waals surface area contributed by atoms with Crippen molar-refractivity contribution >= 4 is 11.3 Å². The van der Waals surface area contributed by atoms with E-state index >= 15 is 0 Å². The molecule has 0 amide bonds. The summed E-state index contributed by atoms with van der Waals surface area (Å²) in [5.41, 5.74) is 0. The molecule has 1 N–H and O–H groups in total. The van der Waals surface area contributed by atoms with Gasteiger partial charge < -0.3 is 5.32 Å². The molecule has 1 aliphatic carbocycles. The lowest BCUT2D eigenvalue weighted by molar-refractivity contribution is 0.231. The summed E-state index contributed by atoms with van der Waals surface area (Å²) in [5, 5.41) is 3.38. The highest BCUT2D eigenvalue weighted by atomic mass is 32.1. The topological polar surface area (TPSA) is 12.0 Å². The Morgan fingerprint density at radius 1 is 1.35 bits per heavy atom. The van der Waals surface area contributed by atoms with Gasteiger partial charge in [0.15, 0.2) is 0 Å². The van der Waals surface area contributed by atoms with Crippen molar-refractivity contribution in [1.82, 2.24) is 5.32 Å². The SMILES string of the molecule is CCC1CCC(CNC)C(c2ccc(C)s2)C1. The molecule has 0 spiro atoms. The van der Waals surface area contributed by atoms with Crippen molar-refractivity contribution in [2.45, 2.75) is 45.4 Å². The molecule has 1 saturated carbocycles. The van der Waals surface area contributed by atoms with Crippen LogP contribution in [0, 0.1) is 18.8 Å². The maximum atomic E-state index is 3.38. The standard InChI is InChI=1S/C15H25NS/c1-4-12-6-7-13(10-16-3)14(9-12)15-8-5-11(2)17-15/h5,8,12-14,16H,4,6-7,9-10H2,1-3H3. The Hall–Kier alpha value is -0.340. The summed E-state index contributed by atoms with van der Waals surface area (Å²) < 4.78 is 0. The van der Waals surface area contributed by atoms with Crippen molar-refractivity contribution in [2.75, 3.05) is 13.6 Å². The lowest BCUT2D eigenvalue weighted by atomic mass is 9.72. The molecule has 0 bridgehead atoms. The minimum Gasteiger partial charge on any atom is -0.319 e. The smallest absolute Gasteiger partial charge is 0.00823 e. The molecule has 1 aliphatic rings. The lowest BCUT2D eigenvalue weighted by Gasteiger charge is -2.35. The van der Waals surface area contributed by atoms with Gasteiger partial charge in [0, 0.05) is 9.75 Å². The Labute approximate surface area is 110 Å². The molecule has 0 aliphatic heterocycles. The summed E-state index contributed by atoms with van der Waals surface area (Å²) in [5.74, 6) is 2.61. The zero-order valence-corrected chi connectivity index (χ0v) is 12.1. The average Bonchev–Trinajstić information content (AvgIpc) is 2.77. The van der Waals surface area contributed by atoms with Crippen LogP contribution < -0.4 is 5.32 Å². The van der Waals surface area contributed by atoms with E-state index in [1.165, 1.54) is 37.1 Å². The Balaban J connectivity index is 2.12. The first-order chi connectivity index (χ1) is 8.24. The van der Waals surface area contributed by atoms with Gasteiger partial charge in [-0.1, -0.05) is 19.8 Å². The third-order valence-corrected chi connectivity index (χ3v) is 5.40. The van der Waals surface area contributed by atoms with Crippen LogP contribution in [0.3, 0.4) is 0 Å². The predicted octanol–water partition coefficient (Wildman–Crippen LogP) is 4.19. The summed E-state index contributed by atoms with van der Waals surface area (Å²) in [6.45, 7) is 5.75. The van der Waals surface area contributed by atoms with Gasteiger partial charge in [0.2, 0.25) is 0 Å². The Morgan fingerprint density at radius 2 is 2.18 bits per heavy atom. The molecule has 1 heterocycles. The van der Waals surface area contributed by atoms with Gasteiger partial charge in [-0.3, -0.25) is 0 Å². The predicted molar refractivity (Wildman–Crippen MR) is 76.8 cm³/mol. The van der Waals surface area contributed by atoms with Gasteiger partial charge in [-0.25, -0.2) is 0 Å². The third kappa shape index (κ3) is 3.11. The fraction of sp³-hybridized carbons (Fsp3) is 0.733. The Morgan fingerprint density at radius 3 is 2.76 bits per heavy atom. The second-order valence-electron chi connectivity index (χ2n) is 5.46. The minimum absolute atomic E-state index is 0.805. The number of hydrogen-bond donors (Lipinski definition) is 1. The van der Waals surface area contributed by atoms with E-state index in [2.05, 4.69) is 38.3 Å². The second kappa shape index (κ2) is 6.01. The van der Waals surface area contributed by atoms with Crippen LogP contribution in [0.15, 0.2) is 12.1 Å². The largest absolute Gasteiger partial charge is 0.319 e. The fourth-order valence-electron chi connectivity index (χ4n) is 3.20. The van der Waals surface area contributed by atoms with Crippen LogP contribution >= 0.6 is 11.3 Å². The van der Waals surface area contributed by atoms with E-state index in [1.54, 1.807) is 4.88 Å². The molecule has 3 unspecified atom stereocenters. The Bertz CT molecular complexity index is 344. The first kappa shape index (κ1) is 13.1. The molecular formula is C15H25NS. The van der Waals surface area contributed by atoms with E-state index in [1.807, 2.05) is 11.3 Å². The molecule has 0 saturated heterocycles. The van der Waals surface area contributed by atoms with E-state index in [4.69, 9.17) is 0 Å². The number of nitrogens with one attached hydrogen (secondary N) is 1. The normalized spacial score (nSPS) is 29.5. The molecule has 2 rings (SSSR count). The average molecular weight is 251 g/mol. The van der Waals surface area contributed by atoms with E-state index in [9.17, 15) is 0 Å². The lowest BCUT2D eigenvalue weighted by Crippen LogP contribution is -2.30. The van der Waals surface area contributed by atoms with Gasteiger partial charge in [0.25, 0.3) is 0 Å². The molecule has 2 heteroatoms. The number of rotatable bonds is 4. The van der Waals surface area contributed by atoms with Crippen LogP contribution in [0.2, 0.25) is 0 Å². The monoisotopic (exact) mass is 251 g/mol. The van der Waals surface area contributed by atoms with Crippen LogP contribution in [0.1, 0.15) is 48.3 Å². The molecule has 0 aromatic carbocycles. The maximum Gasteiger partial charge on any atom is 0.00823 e. The van der Waals surface area contributed by atoms with Crippen molar-refractivity contribution < 1.29 is 0 Å². The van der Waals surface area contributed by atoms with E-state index in [-0.39, 0.29) is 0 Å². The van der Waals surface area contributed by atoms with E-state index < -0.39 is 0 Å². The highest BCUT2D eigenvalue weighted by Gasteiger charge is 2.31. The molecule has 3 atom stereocenters. The van der Waals surface area contributed by atoms with Crippen LogP contribution in [0.4, 0.5) is 0 Å². The molecule has 17 heavy (non-hydrogen) atoms. The van der Waals surface area contributed by atoms with Gasteiger partial charge in [-0.05, 0) is 63.2 Å². The van der Waals surface area contributed by atoms with Gasteiger partial charge in [-0.2, -0.15) is 0 Å². The molecule has 1 aromatic rings. The quantitative estimate of drug-likeness (QED) is 0.846. The number of hydrogen-bond acceptors (Lipinski definition) is 2. The van der Waals surface area contributed by atoms with Crippen molar-refractivity contribution in [3.63, 3.8) is 0 Å². The molecule has 0 radical (unpaired) electrons. The molecule has 1 aromatic heterocycles. The van der Waals surface area contributed by atoms with Crippen molar-refractivity contribution in [3.05, 3.63) is 21.9 Å². The van der Waals surface area contributed by atoms with Crippen molar-refractivity contribution in [1.29, 1.82) is 0 Å². The molecule has 96 valence electrons. The molecule has 1 nitrogen and oxygen atoms in total. The summed E-state index contributed by atoms with van der Waals surface area (Å²) in [4.78, 5) is 3.09. The zero-order chi connectivity index (χ0) is 12.3. The van der Waals surface area contributed by atoms with E-state index in [0.717, 1.165) is 17.8 Å². The van der Waals surface area contributed by atoms with Crippen molar-refractivity contribution in [3.8, 4) is 0 Å². The highest BCUT2D eigenvalue weighted by Crippen LogP contribution is 2.43. The van der Waals surface area contributed by atoms with Gasteiger partial charge >= 0.3 is 0 Å². The number of aryl methyl sites for hydroxylation is 1. The van der Waals surface area contributed by atoms with Gasteiger partial charge in [0.05, 0.1) is 0 Å². The third-order valence-electron chi connectivity index (χ3n) is 4.27. The molecule has 1 fully saturated rings. The highest BCUT2D eigenvalue weighted by molar-refractivity contribution is 7.12. The van der Waals surface area contributed by atoms with Gasteiger partial charge in [-0.15, -0.1) is 11.3 Å². The number of thiophene rings is 1. The second-order valence-corrected chi connectivity index (χ2v) is 6.78. The summed E-state index contributed by atoms with van der Waals surface area (Å²) in [7, 11) is 2.09. The van der Waals surface area contributed by atoms with Crippen LogP contribution in [-0.4, -0.2) is 13.6 Å². The first-order valence-corrected chi connectivity index (χ1v) is 7.77. The molecular weight excluding hydrogens is 226 g/mol.